The highest BCUT2D eigenvalue weighted by molar-refractivity contribution is 5.92. The Kier molecular flexibility index (Phi) is 3.23. The number of methoxy groups -OCH3 is 2. The van der Waals surface area contributed by atoms with Gasteiger partial charge in [0.25, 0.3) is 0 Å². The summed E-state index contributed by atoms with van der Waals surface area (Å²) in [6.07, 6.45) is 3.61. The fourth-order valence-electron chi connectivity index (χ4n) is 1.80. The first-order valence-corrected chi connectivity index (χ1v) is 5.22. The van der Waals surface area contributed by atoms with Crippen molar-refractivity contribution in [3.63, 3.8) is 0 Å². The van der Waals surface area contributed by atoms with E-state index in [0.29, 0.717) is 0 Å². The van der Waals surface area contributed by atoms with Crippen LogP contribution in [0.3, 0.4) is 0 Å². The molecule has 0 saturated carbocycles. The lowest BCUT2D eigenvalue weighted by atomic mass is 10.0. The summed E-state index contributed by atoms with van der Waals surface area (Å²) in [6.45, 7) is 0. The second kappa shape index (κ2) is 4.82. The Morgan fingerprint density at radius 2 is 2.12 bits per heavy atom. The number of carbonyl (C=O) groups is 1. The summed E-state index contributed by atoms with van der Waals surface area (Å²) in [5, 5.41) is 1.86. The van der Waals surface area contributed by atoms with Gasteiger partial charge >= 0.3 is 5.97 Å². The minimum absolute atomic E-state index is 0.196. The lowest BCUT2D eigenvalue weighted by Crippen LogP contribution is -2.05. The zero-order valence-corrected chi connectivity index (χ0v) is 9.77. The SMILES string of the molecule is COC(=O)Cc1cncc2cccc(OC)c12. The van der Waals surface area contributed by atoms with Gasteiger partial charge in [-0.3, -0.25) is 9.78 Å². The van der Waals surface area contributed by atoms with Gasteiger partial charge < -0.3 is 9.47 Å². The molecule has 0 spiro atoms. The molecule has 2 aromatic rings. The maximum Gasteiger partial charge on any atom is 0.310 e. The quantitative estimate of drug-likeness (QED) is 0.758. The molecule has 0 fully saturated rings. The molecule has 1 aromatic carbocycles. The average Bonchev–Trinajstić information content (AvgIpc) is 2.38. The highest BCUT2D eigenvalue weighted by Crippen LogP contribution is 2.28. The average molecular weight is 231 g/mol. The number of esters is 1. The number of ether oxygens (including phenoxy) is 2. The number of rotatable bonds is 3. The van der Waals surface area contributed by atoms with Crippen molar-refractivity contribution in [2.75, 3.05) is 14.2 Å². The van der Waals surface area contributed by atoms with Crippen LogP contribution in [-0.4, -0.2) is 25.2 Å². The normalized spacial score (nSPS) is 10.2. The Labute approximate surface area is 99.2 Å². The predicted octanol–water partition coefficient (Wildman–Crippen LogP) is 1.96. The summed E-state index contributed by atoms with van der Waals surface area (Å²) in [7, 11) is 2.98. The summed E-state index contributed by atoms with van der Waals surface area (Å²) < 4.78 is 9.97. The van der Waals surface area contributed by atoms with Crippen LogP contribution in [0, 0.1) is 0 Å². The van der Waals surface area contributed by atoms with Crippen molar-refractivity contribution in [3.05, 3.63) is 36.2 Å². The highest BCUT2D eigenvalue weighted by atomic mass is 16.5. The van der Waals surface area contributed by atoms with Crippen molar-refractivity contribution < 1.29 is 14.3 Å². The zero-order valence-electron chi connectivity index (χ0n) is 9.77. The third kappa shape index (κ3) is 2.20. The Balaban J connectivity index is 2.58. The number of benzene rings is 1. The van der Waals surface area contributed by atoms with Crippen molar-refractivity contribution in [2.24, 2.45) is 0 Å². The van der Waals surface area contributed by atoms with Gasteiger partial charge in [0.15, 0.2) is 0 Å². The number of aromatic nitrogens is 1. The van der Waals surface area contributed by atoms with Crippen molar-refractivity contribution in [2.45, 2.75) is 6.42 Å². The van der Waals surface area contributed by atoms with Crippen LogP contribution in [0.4, 0.5) is 0 Å². The number of nitrogens with zero attached hydrogens (tertiary/aromatic N) is 1. The van der Waals surface area contributed by atoms with Gasteiger partial charge in [0, 0.05) is 23.2 Å². The van der Waals surface area contributed by atoms with Gasteiger partial charge in [-0.2, -0.15) is 0 Å². The molecule has 0 aliphatic rings. The zero-order chi connectivity index (χ0) is 12.3. The molecule has 0 aliphatic carbocycles. The monoisotopic (exact) mass is 231 g/mol. The van der Waals surface area contributed by atoms with E-state index in [1.165, 1.54) is 7.11 Å². The van der Waals surface area contributed by atoms with E-state index in [9.17, 15) is 4.79 Å². The van der Waals surface area contributed by atoms with E-state index in [0.717, 1.165) is 22.1 Å². The first kappa shape index (κ1) is 11.4. The Morgan fingerprint density at radius 1 is 1.29 bits per heavy atom. The van der Waals surface area contributed by atoms with Crippen molar-refractivity contribution in [1.82, 2.24) is 4.98 Å². The topological polar surface area (TPSA) is 48.4 Å². The van der Waals surface area contributed by atoms with E-state index in [-0.39, 0.29) is 12.4 Å². The third-order valence-electron chi connectivity index (χ3n) is 2.61. The van der Waals surface area contributed by atoms with Gasteiger partial charge in [-0.05, 0) is 11.6 Å². The third-order valence-corrected chi connectivity index (χ3v) is 2.61. The molecule has 0 aliphatic heterocycles. The summed E-state index contributed by atoms with van der Waals surface area (Å²) in [6, 6.07) is 5.69. The van der Waals surface area contributed by atoms with E-state index in [1.54, 1.807) is 19.5 Å². The summed E-state index contributed by atoms with van der Waals surface area (Å²) in [5.74, 6) is 0.453. The smallest absolute Gasteiger partial charge is 0.310 e. The van der Waals surface area contributed by atoms with Crippen LogP contribution in [0.5, 0.6) is 5.75 Å². The molecular formula is C13H13NO3. The molecular weight excluding hydrogens is 218 g/mol. The Bertz CT molecular complexity index is 546. The molecule has 88 valence electrons. The number of fused-ring (bicyclic) bond motifs is 1. The maximum atomic E-state index is 11.3. The highest BCUT2D eigenvalue weighted by Gasteiger charge is 2.11. The number of hydrogen-bond acceptors (Lipinski definition) is 4. The van der Waals surface area contributed by atoms with Crippen molar-refractivity contribution in [3.8, 4) is 5.75 Å². The van der Waals surface area contributed by atoms with Crippen LogP contribution < -0.4 is 4.74 Å². The van der Waals surface area contributed by atoms with Gasteiger partial charge in [0.2, 0.25) is 0 Å². The van der Waals surface area contributed by atoms with E-state index < -0.39 is 0 Å². The van der Waals surface area contributed by atoms with E-state index >= 15 is 0 Å². The molecule has 0 radical (unpaired) electrons. The van der Waals surface area contributed by atoms with Crippen LogP contribution in [0.25, 0.3) is 10.8 Å². The minimum Gasteiger partial charge on any atom is -0.496 e. The second-order valence-electron chi connectivity index (χ2n) is 3.61. The van der Waals surface area contributed by atoms with E-state index in [2.05, 4.69) is 9.72 Å². The van der Waals surface area contributed by atoms with Crippen molar-refractivity contribution >= 4 is 16.7 Å². The first-order valence-electron chi connectivity index (χ1n) is 5.22. The number of pyridine rings is 1. The molecule has 4 heteroatoms. The molecule has 1 aromatic heterocycles. The first-order chi connectivity index (χ1) is 8.26. The maximum absolute atomic E-state index is 11.3. The molecule has 0 saturated heterocycles. The second-order valence-corrected chi connectivity index (χ2v) is 3.61. The molecule has 0 atom stereocenters. The van der Waals surface area contributed by atoms with Crippen LogP contribution in [0.1, 0.15) is 5.56 Å². The van der Waals surface area contributed by atoms with Gasteiger partial charge in [-0.1, -0.05) is 12.1 Å². The predicted molar refractivity (Wildman–Crippen MR) is 64.0 cm³/mol. The summed E-state index contributed by atoms with van der Waals surface area (Å²) in [5.41, 5.74) is 0.812. The van der Waals surface area contributed by atoms with Crippen LogP contribution in [0.2, 0.25) is 0 Å². The van der Waals surface area contributed by atoms with Crippen LogP contribution in [0.15, 0.2) is 30.6 Å². The van der Waals surface area contributed by atoms with Gasteiger partial charge in [0.1, 0.15) is 5.75 Å². The van der Waals surface area contributed by atoms with Crippen molar-refractivity contribution in [1.29, 1.82) is 0 Å². The molecule has 0 N–H and O–H groups in total. The minimum atomic E-state index is -0.287. The molecule has 17 heavy (non-hydrogen) atoms. The molecule has 0 unspecified atom stereocenters. The lowest BCUT2D eigenvalue weighted by molar-refractivity contribution is -0.139. The van der Waals surface area contributed by atoms with Crippen LogP contribution >= 0.6 is 0 Å². The summed E-state index contributed by atoms with van der Waals surface area (Å²) >= 11 is 0. The molecule has 0 amide bonds. The Morgan fingerprint density at radius 3 is 2.82 bits per heavy atom. The van der Waals surface area contributed by atoms with Gasteiger partial charge in [-0.15, -0.1) is 0 Å². The van der Waals surface area contributed by atoms with Crippen LogP contribution in [-0.2, 0) is 16.0 Å². The van der Waals surface area contributed by atoms with Gasteiger partial charge in [-0.25, -0.2) is 0 Å². The number of carbonyl (C=O) groups excluding carboxylic acids is 1. The van der Waals surface area contributed by atoms with Gasteiger partial charge in [0.05, 0.1) is 20.6 Å². The standard InChI is InChI=1S/C13H13NO3/c1-16-11-5-3-4-9-7-14-8-10(13(9)11)6-12(15)17-2/h3-5,7-8H,6H2,1-2H3. The fraction of sp³-hybridized carbons (Fsp3) is 0.231. The fourth-order valence-corrected chi connectivity index (χ4v) is 1.80. The van der Waals surface area contributed by atoms with E-state index in [1.807, 2.05) is 18.2 Å². The Hall–Kier alpha value is -2.10. The number of hydrogen-bond donors (Lipinski definition) is 0. The lowest BCUT2D eigenvalue weighted by Gasteiger charge is -2.09. The van der Waals surface area contributed by atoms with E-state index in [4.69, 9.17) is 4.74 Å². The largest absolute Gasteiger partial charge is 0.496 e. The molecule has 0 bridgehead atoms. The summed E-state index contributed by atoms with van der Waals surface area (Å²) in [4.78, 5) is 15.4. The molecule has 2 rings (SSSR count). The molecule has 1 heterocycles. The molecule has 4 nitrogen and oxygen atoms in total.